The van der Waals surface area contributed by atoms with E-state index in [1.165, 1.54) is 28.8 Å². The number of carbonyl (C=O) groups is 2. The summed E-state index contributed by atoms with van der Waals surface area (Å²) in [5.41, 5.74) is 1.51. The molecule has 1 amide bonds. The van der Waals surface area contributed by atoms with Crippen LogP contribution in [0.1, 0.15) is 39.1 Å². The molecule has 5 nitrogen and oxygen atoms in total. The van der Waals surface area contributed by atoms with Gasteiger partial charge in [0.25, 0.3) is 5.91 Å². The Morgan fingerprint density at radius 3 is 2.79 bits per heavy atom. The number of rotatable bonds is 5. The van der Waals surface area contributed by atoms with E-state index < -0.39 is 11.8 Å². The van der Waals surface area contributed by atoms with Crippen molar-refractivity contribution >= 4 is 40.9 Å². The fourth-order valence-electron chi connectivity index (χ4n) is 4.07. The maximum absolute atomic E-state index is 14.6. The molecular formula is C26H21ClFNO4S. The van der Waals surface area contributed by atoms with Gasteiger partial charge in [0, 0.05) is 27.0 Å². The van der Waals surface area contributed by atoms with Gasteiger partial charge in [-0.1, -0.05) is 41.6 Å². The number of ether oxygens (including phenoxy) is 2. The largest absolute Gasteiger partial charge is 0.459 e. The third-order valence-corrected chi connectivity index (χ3v) is 7.37. The molecule has 2 aliphatic heterocycles. The number of hydrogen-bond donors (Lipinski definition) is 0. The number of carbonyl (C=O) groups excluding carboxylic acids is 2. The number of anilines is 1. The molecule has 0 saturated carbocycles. The first-order chi connectivity index (χ1) is 16.5. The van der Waals surface area contributed by atoms with Crippen molar-refractivity contribution in [3.05, 3.63) is 88.2 Å². The number of halogens is 2. The van der Waals surface area contributed by atoms with E-state index in [1.807, 2.05) is 12.1 Å². The smallest absolute Gasteiger partial charge is 0.338 e. The second-order valence-electron chi connectivity index (χ2n) is 8.11. The van der Waals surface area contributed by atoms with Gasteiger partial charge in [-0.3, -0.25) is 4.79 Å². The zero-order valence-corrected chi connectivity index (χ0v) is 19.7. The minimum absolute atomic E-state index is 0.0827. The van der Waals surface area contributed by atoms with E-state index in [0.717, 1.165) is 22.6 Å². The number of nitrogens with zero attached hydrogens (tertiary/aromatic N) is 1. The van der Waals surface area contributed by atoms with Gasteiger partial charge in [0.05, 0.1) is 29.5 Å². The average molecular weight is 498 g/mol. The molecule has 174 valence electrons. The van der Waals surface area contributed by atoms with Crippen LogP contribution in [0.3, 0.4) is 0 Å². The van der Waals surface area contributed by atoms with Crippen molar-refractivity contribution in [3.8, 4) is 0 Å². The molecule has 3 aromatic carbocycles. The van der Waals surface area contributed by atoms with Crippen LogP contribution in [0.4, 0.5) is 10.1 Å². The summed E-state index contributed by atoms with van der Waals surface area (Å²) in [5, 5.41) is 0.228. The topological polar surface area (TPSA) is 55.8 Å². The van der Waals surface area contributed by atoms with Gasteiger partial charge in [-0.05, 0) is 55.3 Å². The van der Waals surface area contributed by atoms with Crippen molar-refractivity contribution < 1.29 is 23.5 Å². The van der Waals surface area contributed by atoms with E-state index in [9.17, 15) is 14.0 Å². The summed E-state index contributed by atoms with van der Waals surface area (Å²) in [6, 6.07) is 16.8. The lowest BCUT2D eigenvalue weighted by atomic mass is 10.1. The number of fused-ring (bicyclic) bond motifs is 2. The van der Waals surface area contributed by atoms with Gasteiger partial charge >= 0.3 is 5.97 Å². The number of benzene rings is 3. The Morgan fingerprint density at radius 2 is 2.00 bits per heavy atom. The van der Waals surface area contributed by atoms with Crippen molar-refractivity contribution in [3.63, 3.8) is 0 Å². The highest BCUT2D eigenvalue weighted by molar-refractivity contribution is 7.99. The first kappa shape index (κ1) is 22.9. The molecule has 5 rings (SSSR count). The van der Waals surface area contributed by atoms with Crippen LogP contribution in [0.25, 0.3) is 0 Å². The molecule has 2 aliphatic rings. The van der Waals surface area contributed by atoms with Gasteiger partial charge in [0.2, 0.25) is 0 Å². The second kappa shape index (κ2) is 9.78. The molecule has 0 spiro atoms. The van der Waals surface area contributed by atoms with Crippen LogP contribution in [0.2, 0.25) is 5.02 Å². The molecule has 1 atom stereocenters. The predicted octanol–water partition coefficient (Wildman–Crippen LogP) is 6.13. The lowest BCUT2D eigenvalue weighted by molar-refractivity contribution is 0.0161. The molecule has 34 heavy (non-hydrogen) atoms. The number of amides is 1. The van der Waals surface area contributed by atoms with Gasteiger partial charge in [0.15, 0.2) is 0 Å². The summed E-state index contributed by atoms with van der Waals surface area (Å²) in [6.07, 6.45) is 1.73. The Hall–Kier alpha value is -2.87. The molecule has 0 radical (unpaired) electrons. The SMILES string of the molecule is O=C(OC[C@@H]1CCCO1)c1ccc2c(c1)N(Cc1c(F)cccc1Cl)C(=O)c1ccccc1S2. The van der Waals surface area contributed by atoms with Crippen molar-refractivity contribution in [2.45, 2.75) is 35.3 Å². The summed E-state index contributed by atoms with van der Waals surface area (Å²) >= 11 is 7.70. The third kappa shape index (κ3) is 4.56. The summed E-state index contributed by atoms with van der Waals surface area (Å²) in [6.45, 7) is 0.777. The van der Waals surface area contributed by atoms with Crippen molar-refractivity contribution in [2.75, 3.05) is 18.1 Å². The van der Waals surface area contributed by atoms with Gasteiger partial charge in [-0.25, -0.2) is 9.18 Å². The zero-order valence-electron chi connectivity index (χ0n) is 18.1. The van der Waals surface area contributed by atoms with Gasteiger partial charge < -0.3 is 14.4 Å². The lowest BCUT2D eigenvalue weighted by Gasteiger charge is -2.24. The molecule has 0 aromatic heterocycles. The highest BCUT2D eigenvalue weighted by atomic mass is 35.5. The normalized spacial score (nSPS) is 17.2. The minimum Gasteiger partial charge on any atom is -0.459 e. The molecule has 0 unspecified atom stereocenters. The maximum atomic E-state index is 14.6. The van der Waals surface area contributed by atoms with Crippen LogP contribution in [-0.4, -0.2) is 31.2 Å². The quantitative estimate of drug-likeness (QED) is 0.397. The van der Waals surface area contributed by atoms with Crippen LogP contribution >= 0.6 is 23.4 Å². The van der Waals surface area contributed by atoms with Crippen LogP contribution in [-0.2, 0) is 16.0 Å². The van der Waals surface area contributed by atoms with Crippen LogP contribution in [0.15, 0.2) is 70.5 Å². The van der Waals surface area contributed by atoms with Crippen molar-refractivity contribution in [2.24, 2.45) is 0 Å². The lowest BCUT2D eigenvalue weighted by Crippen LogP contribution is -2.31. The Labute approximate surface area is 205 Å². The standard InChI is InChI=1S/C26H21ClFNO4S/c27-20-7-3-8-21(28)19(20)14-29-22-13-16(26(31)33-15-17-5-4-12-32-17)10-11-24(22)34-23-9-2-1-6-18(23)25(29)30/h1-3,6-11,13,17H,4-5,12,14-15H2/t17-/m0/s1. The highest BCUT2D eigenvalue weighted by Crippen LogP contribution is 2.42. The van der Waals surface area contributed by atoms with Crippen LogP contribution < -0.4 is 4.90 Å². The van der Waals surface area contributed by atoms with Crippen molar-refractivity contribution in [1.82, 2.24) is 0 Å². The fraction of sp³-hybridized carbons (Fsp3) is 0.231. The molecule has 1 fully saturated rings. The molecule has 3 aromatic rings. The Bertz CT molecular complexity index is 1240. The van der Waals surface area contributed by atoms with Crippen molar-refractivity contribution in [1.29, 1.82) is 0 Å². The molecule has 0 bridgehead atoms. The monoisotopic (exact) mass is 497 g/mol. The molecular weight excluding hydrogens is 477 g/mol. The molecule has 8 heteroatoms. The van der Waals surface area contributed by atoms with Gasteiger partial charge in [0.1, 0.15) is 12.4 Å². The number of hydrogen-bond acceptors (Lipinski definition) is 5. The summed E-state index contributed by atoms with van der Waals surface area (Å²) in [7, 11) is 0. The van der Waals surface area contributed by atoms with Gasteiger partial charge in [-0.15, -0.1) is 0 Å². The maximum Gasteiger partial charge on any atom is 0.338 e. The second-order valence-corrected chi connectivity index (χ2v) is 9.60. The minimum atomic E-state index is -0.501. The van der Waals surface area contributed by atoms with E-state index in [-0.39, 0.29) is 35.7 Å². The van der Waals surface area contributed by atoms with E-state index in [0.29, 0.717) is 23.4 Å². The predicted molar refractivity (Wildman–Crippen MR) is 128 cm³/mol. The Kier molecular flexibility index (Phi) is 6.59. The van der Waals surface area contributed by atoms with E-state index in [1.54, 1.807) is 36.4 Å². The molecule has 1 saturated heterocycles. The van der Waals surface area contributed by atoms with E-state index in [4.69, 9.17) is 21.1 Å². The van der Waals surface area contributed by atoms with Gasteiger partial charge in [-0.2, -0.15) is 0 Å². The Morgan fingerprint density at radius 1 is 1.15 bits per heavy atom. The summed E-state index contributed by atoms with van der Waals surface area (Å²) in [5.74, 6) is -1.30. The fourth-order valence-corrected chi connectivity index (χ4v) is 5.35. The Balaban J connectivity index is 1.52. The highest BCUT2D eigenvalue weighted by Gasteiger charge is 2.30. The van der Waals surface area contributed by atoms with E-state index >= 15 is 0 Å². The zero-order chi connectivity index (χ0) is 23.7. The molecule has 0 aliphatic carbocycles. The van der Waals surface area contributed by atoms with Crippen LogP contribution in [0, 0.1) is 5.82 Å². The molecule has 2 heterocycles. The summed E-state index contributed by atoms with van der Waals surface area (Å²) < 4.78 is 25.6. The average Bonchev–Trinajstić information content (AvgIpc) is 3.33. The molecule has 0 N–H and O–H groups in total. The first-order valence-electron chi connectivity index (χ1n) is 11.0. The first-order valence-corrected chi connectivity index (χ1v) is 12.1. The third-order valence-electron chi connectivity index (χ3n) is 5.87. The van der Waals surface area contributed by atoms with E-state index in [2.05, 4.69) is 0 Å². The summed E-state index contributed by atoms with van der Waals surface area (Å²) in [4.78, 5) is 29.4. The number of esters is 1. The van der Waals surface area contributed by atoms with Crippen LogP contribution in [0.5, 0.6) is 0 Å².